The van der Waals surface area contributed by atoms with Gasteiger partial charge in [0.1, 0.15) is 0 Å². The van der Waals surface area contributed by atoms with Crippen molar-refractivity contribution in [2.24, 2.45) is 12.0 Å². The van der Waals surface area contributed by atoms with Gasteiger partial charge in [0.05, 0.1) is 12.2 Å². The van der Waals surface area contributed by atoms with E-state index >= 15 is 0 Å². The number of aliphatic imine (C=N–C) groups is 1. The number of benzene rings is 1. The van der Waals surface area contributed by atoms with Crippen LogP contribution in [0, 0.1) is 0 Å². The molecule has 2 aromatic rings. The Balaban J connectivity index is 1.79. The van der Waals surface area contributed by atoms with Gasteiger partial charge in [-0.2, -0.15) is 5.10 Å². The summed E-state index contributed by atoms with van der Waals surface area (Å²) in [5.41, 5.74) is 2.28. The Morgan fingerprint density at radius 1 is 1.30 bits per heavy atom. The van der Waals surface area contributed by atoms with Crippen molar-refractivity contribution in [3.05, 3.63) is 51.8 Å². The highest BCUT2D eigenvalue weighted by molar-refractivity contribution is 6.35. The minimum Gasteiger partial charge on any atom is -0.356 e. The number of hydrogen-bond donors (Lipinski definition) is 2. The zero-order valence-corrected chi connectivity index (χ0v) is 17.8. The smallest absolute Gasteiger partial charge is 0.191 e. The maximum absolute atomic E-state index is 6.22. The maximum Gasteiger partial charge on any atom is 0.191 e. The summed E-state index contributed by atoms with van der Waals surface area (Å²) in [6.45, 7) is 1.54. The molecule has 1 aromatic carbocycles. The molecule has 1 heterocycles. The van der Waals surface area contributed by atoms with E-state index in [1.807, 2.05) is 36.3 Å². The Bertz CT molecular complexity index is 756. The van der Waals surface area contributed by atoms with E-state index in [4.69, 9.17) is 23.2 Å². The summed E-state index contributed by atoms with van der Waals surface area (Å²) in [5.74, 6) is 0.785. The van der Waals surface area contributed by atoms with E-state index in [2.05, 4.69) is 39.7 Å². The highest BCUT2D eigenvalue weighted by Gasteiger charge is 2.16. The zero-order chi connectivity index (χ0) is 19.8. The van der Waals surface area contributed by atoms with Gasteiger partial charge >= 0.3 is 0 Å². The largest absolute Gasteiger partial charge is 0.356 e. The van der Waals surface area contributed by atoms with Crippen molar-refractivity contribution in [1.29, 1.82) is 0 Å². The Kier molecular flexibility index (Phi) is 8.41. The Hall–Kier alpha value is -1.76. The quantitative estimate of drug-likeness (QED) is 0.398. The summed E-state index contributed by atoms with van der Waals surface area (Å²) >= 11 is 12.2. The summed E-state index contributed by atoms with van der Waals surface area (Å²) < 4.78 is 1.82. The maximum atomic E-state index is 6.22. The standard InChI is InChI=1S/C19H28Cl2N6/c1-22-19(23-9-5-6-14-7-8-16(20)10-17(14)21)24-12-18(26(2)3)15-11-25-27(4)13-15/h7-8,10-11,13,18H,5-6,9,12H2,1-4H3,(H2,22,23,24). The number of nitrogens with zero attached hydrogens (tertiary/aromatic N) is 4. The average molecular weight is 411 g/mol. The van der Waals surface area contributed by atoms with Crippen LogP contribution < -0.4 is 10.6 Å². The summed E-state index contributed by atoms with van der Waals surface area (Å²) in [5, 5.41) is 12.4. The zero-order valence-electron chi connectivity index (χ0n) is 16.3. The van der Waals surface area contributed by atoms with Crippen molar-refractivity contribution in [3.63, 3.8) is 0 Å². The van der Waals surface area contributed by atoms with Gasteiger partial charge < -0.3 is 15.5 Å². The second-order valence-corrected chi connectivity index (χ2v) is 7.49. The van der Waals surface area contributed by atoms with Crippen molar-refractivity contribution in [2.45, 2.75) is 18.9 Å². The van der Waals surface area contributed by atoms with Crippen LogP contribution in [-0.4, -0.2) is 54.9 Å². The van der Waals surface area contributed by atoms with Crippen LogP contribution in [0.4, 0.5) is 0 Å². The molecule has 0 aliphatic carbocycles. The predicted molar refractivity (Wildman–Crippen MR) is 114 cm³/mol. The molecular weight excluding hydrogens is 383 g/mol. The Morgan fingerprint density at radius 2 is 2.07 bits per heavy atom. The normalized spacial score (nSPS) is 13.1. The summed E-state index contributed by atoms with van der Waals surface area (Å²) in [6.07, 6.45) is 5.77. The summed E-state index contributed by atoms with van der Waals surface area (Å²) in [4.78, 5) is 6.47. The van der Waals surface area contributed by atoms with E-state index in [1.54, 1.807) is 13.1 Å². The Labute approximate surface area is 171 Å². The van der Waals surface area contributed by atoms with Crippen LogP contribution in [0.2, 0.25) is 10.0 Å². The van der Waals surface area contributed by atoms with Crippen molar-refractivity contribution >= 4 is 29.2 Å². The van der Waals surface area contributed by atoms with E-state index in [0.29, 0.717) is 5.02 Å². The van der Waals surface area contributed by atoms with Crippen molar-refractivity contribution < 1.29 is 0 Å². The second kappa shape index (κ2) is 10.5. The van der Waals surface area contributed by atoms with E-state index in [1.165, 1.54) is 5.56 Å². The molecule has 1 atom stereocenters. The summed E-state index contributed by atoms with van der Waals surface area (Å²) in [6, 6.07) is 5.85. The minimum absolute atomic E-state index is 0.213. The molecule has 0 bridgehead atoms. The van der Waals surface area contributed by atoms with Crippen LogP contribution in [0.15, 0.2) is 35.6 Å². The molecule has 2 N–H and O–H groups in total. The van der Waals surface area contributed by atoms with Crippen LogP contribution in [-0.2, 0) is 13.5 Å². The van der Waals surface area contributed by atoms with E-state index in [0.717, 1.165) is 42.5 Å². The third-order valence-corrected chi connectivity index (χ3v) is 4.94. The van der Waals surface area contributed by atoms with Crippen LogP contribution in [0.1, 0.15) is 23.6 Å². The van der Waals surface area contributed by atoms with Gasteiger partial charge in [0.25, 0.3) is 0 Å². The van der Waals surface area contributed by atoms with E-state index < -0.39 is 0 Å². The lowest BCUT2D eigenvalue weighted by Gasteiger charge is -2.24. The number of halogens is 2. The third-order valence-electron chi connectivity index (χ3n) is 4.35. The van der Waals surface area contributed by atoms with Gasteiger partial charge in [-0.25, -0.2) is 0 Å². The van der Waals surface area contributed by atoms with E-state index in [9.17, 15) is 0 Å². The van der Waals surface area contributed by atoms with Gasteiger partial charge in [0.2, 0.25) is 0 Å². The average Bonchev–Trinajstić information content (AvgIpc) is 3.04. The molecule has 1 aromatic heterocycles. The number of aromatic nitrogens is 2. The van der Waals surface area contributed by atoms with Gasteiger partial charge in [-0.05, 0) is 44.6 Å². The van der Waals surface area contributed by atoms with Crippen LogP contribution in [0.25, 0.3) is 0 Å². The second-order valence-electron chi connectivity index (χ2n) is 6.65. The molecule has 0 spiro atoms. The molecule has 0 aliphatic rings. The number of nitrogens with one attached hydrogen (secondary N) is 2. The van der Waals surface area contributed by atoms with Crippen LogP contribution >= 0.6 is 23.2 Å². The fraction of sp³-hybridized carbons (Fsp3) is 0.474. The number of rotatable bonds is 8. The monoisotopic (exact) mass is 410 g/mol. The predicted octanol–water partition coefficient (Wildman–Crippen LogP) is 3.13. The molecule has 1 unspecified atom stereocenters. The van der Waals surface area contributed by atoms with Gasteiger partial charge in [-0.15, -0.1) is 0 Å². The van der Waals surface area contributed by atoms with Gasteiger partial charge in [-0.3, -0.25) is 9.67 Å². The van der Waals surface area contributed by atoms with Crippen molar-refractivity contribution in [3.8, 4) is 0 Å². The highest BCUT2D eigenvalue weighted by atomic mass is 35.5. The molecule has 6 nitrogen and oxygen atoms in total. The van der Waals surface area contributed by atoms with Crippen molar-refractivity contribution in [1.82, 2.24) is 25.3 Å². The summed E-state index contributed by atoms with van der Waals surface area (Å²) in [7, 11) is 7.83. The first kappa shape index (κ1) is 21.5. The number of aryl methyl sites for hydroxylation is 2. The van der Waals surface area contributed by atoms with Crippen molar-refractivity contribution in [2.75, 3.05) is 34.2 Å². The van der Waals surface area contributed by atoms with E-state index in [-0.39, 0.29) is 6.04 Å². The SMILES string of the molecule is CN=C(NCCCc1ccc(Cl)cc1Cl)NCC(c1cnn(C)c1)N(C)C. The molecule has 0 saturated heterocycles. The molecule has 2 rings (SSSR count). The number of guanidine groups is 1. The molecule has 0 saturated carbocycles. The van der Waals surface area contributed by atoms with Crippen LogP contribution in [0.3, 0.4) is 0 Å². The first-order chi connectivity index (χ1) is 12.9. The molecule has 0 radical (unpaired) electrons. The molecule has 27 heavy (non-hydrogen) atoms. The lowest BCUT2D eigenvalue weighted by atomic mass is 10.1. The number of hydrogen-bond acceptors (Lipinski definition) is 3. The molecular formula is C19H28Cl2N6. The molecule has 0 amide bonds. The Morgan fingerprint density at radius 3 is 2.67 bits per heavy atom. The fourth-order valence-electron chi connectivity index (χ4n) is 2.83. The topological polar surface area (TPSA) is 57.5 Å². The number of likely N-dealkylation sites (N-methyl/N-ethyl adjacent to an activating group) is 1. The van der Waals surface area contributed by atoms with Gasteiger partial charge in [0, 0.05) is 49.0 Å². The fourth-order valence-corrected chi connectivity index (χ4v) is 3.34. The van der Waals surface area contributed by atoms with Gasteiger partial charge in [0.15, 0.2) is 5.96 Å². The molecule has 148 valence electrons. The molecule has 8 heteroatoms. The molecule has 0 fully saturated rings. The lowest BCUT2D eigenvalue weighted by Crippen LogP contribution is -2.42. The molecule has 0 aliphatic heterocycles. The van der Waals surface area contributed by atoms with Gasteiger partial charge in [-0.1, -0.05) is 29.3 Å². The first-order valence-electron chi connectivity index (χ1n) is 8.94. The first-order valence-corrected chi connectivity index (χ1v) is 9.69. The highest BCUT2D eigenvalue weighted by Crippen LogP contribution is 2.21. The van der Waals surface area contributed by atoms with Crippen LogP contribution in [0.5, 0.6) is 0 Å². The minimum atomic E-state index is 0.213. The third kappa shape index (κ3) is 6.72. The lowest BCUT2D eigenvalue weighted by molar-refractivity contribution is 0.298.